The lowest BCUT2D eigenvalue weighted by Gasteiger charge is -2.29. The zero-order valence-electron chi connectivity index (χ0n) is 21.5. The fourth-order valence-electron chi connectivity index (χ4n) is 4.55. The van der Waals surface area contributed by atoms with Gasteiger partial charge in [0.2, 0.25) is 16.8 Å². The Labute approximate surface area is 230 Å². The number of nitrogens with two attached hydrogens (primary N) is 1. The van der Waals surface area contributed by atoms with Crippen molar-refractivity contribution in [2.24, 2.45) is 0 Å². The molecule has 0 bridgehead atoms. The molecule has 1 saturated heterocycles. The Balaban J connectivity index is 1.64. The van der Waals surface area contributed by atoms with Crippen LogP contribution in [0.5, 0.6) is 5.75 Å². The number of halogens is 2. The molecule has 1 aliphatic heterocycles. The summed E-state index contributed by atoms with van der Waals surface area (Å²) in [6, 6.07) is 7.85. The molecule has 1 fully saturated rings. The van der Waals surface area contributed by atoms with Crippen LogP contribution in [-0.4, -0.2) is 68.3 Å². The van der Waals surface area contributed by atoms with Crippen LogP contribution in [0.15, 0.2) is 42.7 Å². The predicted octanol–water partition coefficient (Wildman–Crippen LogP) is 2.84. The van der Waals surface area contributed by atoms with Crippen LogP contribution in [0.3, 0.4) is 0 Å². The minimum Gasteiger partial charge on any atom is -0.494 e. The molecule has 0 aliphatic carbocycles. The monoisotopic (exact) mass is 571 g/mol. The fourth-order valence-corrected chi connectivity index (χ4v) is 4.86. The second-order valence-electron chi connectivity index (χ2n) is 9.01. The van der Waals surface area contributed by atoms with Crippen molar-refractivity contribution in [3.63, 3.8) is 0 Å². The summed E-state index contributed by atoms with van der Waals surface area (Å²) in [6.07, 6.45) is 1.15. The molecule has 2 aromatic carbocycles. The van der Waals surface area contributed by atoms with E-state index in [0.29, 0.717) is 65.7 Å². The molecule has 1 aliphatic rings. The molecule has 210 valence electrons. The third-order valence-corrected chi connectivity index (χ3v) is 7.00. The number of morpholine rings is 1. The largest absolute Gasteiger partial charge is 0.494 e. The third kappa shape index (κ3) is 5.78. The summed E-state index contributed by atoms with van der Waals surface area (Å²) < 4.78 is 65.4. The second-order valence-corrected chi connectivity index (χ2v) is 9.84. The Hall–Kier alpha value is -4.01. The van der Waals surface area contributed by atoms with E-state index in [4.69, 9.17) is 25.2 Å². The first kappa shape index (κ1) is 27.6. The van der Waals surface area contributed by atoms with Crippen molar-refractivity contribution in [2.75, 3.05) is 50.6 Å². The predicted molar refractivity (Wildman–Crippen MR) is 147 cm³/mol. The van der Waals surface area contributed by atoms with Crippen LogP contribution in [0.4, 0.5) is 20.5 Å². The van der Waals surface area contributed by atoms with Crippen molar-refractivity contribution in [3.05, 3.63) is 54.1 Å². The maximum Gasteiger partial charge on any atom is 0.219 e. The lowest BCUT2D eigenvalue weighted by molar-refractivity contribution is 0.122. The van der Waals surface area contributed by atoms with E-state index in [-0.39, 0.29) is 30.0 Å². The van der Waals surface area contributed by atoms with E-state index in [1.165, 1.54) is 25.6 Å². The number of nitrogens with one attached hydrogen (secondary N) is 1. The van der Waals surface area contributed by atoms with Crippen LogP contribution in [-0.2, 0) is 15.6 Å². The summed E-state index contributed by atoms with van der Waals surface area (Å²) in [5.74, 6) is 0.705. The molecule has 0 spiro atoms. The Morgan fingerprint density at radius 2 is 1.90 bits per heavy atom. The van der Waals surface area contributed by atoms with Crippen molar-refractivity contribution in [1.82, 2.24) is 24.7 Å². The second kappa shape index (κ2) is 12.0. The van der Waals surface area contributed by atoms with Gasteiger partial charge in [-0.25, -0.2) is 41.9 Å². The van der Waals surface area contributed by atoms with E-state index in [0.717, 1.165) is 0 Å². The van der Waals surface area contributed by atoms with Crippen molar-refractivity contribution in [1.29, 1.82) is 0 Å². The first-order valence-electron chi connectivity index (χ1n) is 12.5. The van der Waals surface area contributed by atoms with E-state index in [9.17, 15) is 12.8 Å². The third-order valence-electron chi connectivity index (χ3n) is 6.52. The van der Waals surface area contributed by atoms with Gasteiger partial charge in [0, 0.05) is 48.5 Å². The van der Waals surface area contributed by atoms with Gasteiger partial charge in [-0.15, -0.1) is 0 Å². The Bertz CT molecular complexity index is 1590. The molecule has 11 nitrogen and oxygen atoms in total. The molecule has 3 N–H and O–H groups in total. The maximum atomic E-state index is 15.7. The summed E-state index contributed by atoms with van der Waals surface area (Å²) in [6.45, 7) is 2.02. The molecule has 1 unspecified atom stereocenters. The number of nitrogen functional groups attached to an aromatic ring is 1. The Morgan fingerprint density at radius 1 is 1.15 bits per heavy atom. The number of methoxy groups -OCH3 is 1. The quantitative estimate of drug-likeness (QED) is 0.256. The van der Waals surface area contributed by atoms with Crippen molar-refractivity contribution >= 4 is 33.6 Å². The highest BCUT2D eigenvalue weighted by molar-refractivity contribution is 7.70. The highest BCUT2D eigenvalue weighted by Crippen LogP contribution is 2.39. The summed E-state index contributed by atoms with van der Waals surface area (Å²) in [7, 11) is -1.38. The highest BCUT2D eigenvalue weighted by atomic mass is 32.2. The van der Waals surface area contributed by atoms with Crippen LogP contribution in [0, 0.1) is 5.82 Å². The van der Waals surface area contributed by atoms with Gasteiger partial charge in [-0.3, -0.25) is 0 Å². The Kier molecular flexibility index (Phi) is 8.28. The topological polar surface area (TPSA) is 145 Å². The van der Waals surface area contributed by atoms with Crippen molar-refractivity contribution < 1.29 is 26.7 Å². The van der Waals surface area contributed by atoms with Gasteiger partial charge in [-0.1, -0.05) is 18.2 Å². The molecule has 3 heterocycles. The van der Waals surface area contributed by atoms with Gasteiger partial charge in [-0.2, -0.15) is 0 Å². The van der Waals surface area contributed by atoms with Gasteiger partial charge in [0.1, 0.15) is 29.1 Å². The van der Waals surface area contributed by atoms with Gasteiger partial charge < -0.3 is 20.1 Å². The van der Waals surface area contributed by atoms with Crippen LogP contribution >= 0.6 is 0 Å². The number of benzene rings is 2. The molecular formula is C26H27F2N7O4S. The fraction of sp³-hybridized carbons (Fsp3) is 0.308. The highest BCUT2D eigenvalue weighted by Gasteiger charge is 2.23. The van der Waals surface area contributed by atoms with Crippen LogP contribution in [0.2, 0.25) is 0 Å². The molecule has 2 aromatic heterocycles. The van der Waals surface area contributed by atoms with E-state index in [1.54, 1.807) is 24.3 Å². The average molecular weight is 572 g/mol. The maximum absolute atomic E-state index is 15.7. The summed E-state index contributed by atoms with van der Waals surface area (Å²) in [5, 5.41) is 0.612. The van der Waals surface area contributed by atoms with Gasteiger partial charge in [-0.05, 0) is 24.1 Å². The summed E-state index contributed by atoms with van der Waals surface area (Å²) in [4.78, 5) is 19.7. The normalized spacial score (nSPS) is 14.6. The molecule has 14 heteroatoms. The summed E-state index contributed by atoms with van der Waals surface area (Å²) in [5.41, 5.74) is 7.14. The first-order valence-corrected chi connectivity index (χ1v) is 13.6. The number of hydrogen-bond acceptors (Lipinski definition) is 10. The standard InChI is InChI=1S/C26H27F2N7O4S/c1-38-21-12-15(17-3-2-4-18(22(17)28)20(27)5-6-32-40(36)37)11-19-23(21)33-24(16-13-30-26(29)31-14-16)34-25(19)35-7-9-39-10-8-35/h2-4,11-14,20,40H,5-10H2,1H3,(H2,29,30,31)(H,32,36,37). The van der Waals surface area contributed by atoms with Crippen LogP contribution in [0.1, 0.15) is 18.2 Å². The van der Waals surface area contributed by atoms with E-state index >= 15 is 4.39 Å². The molecule has 40 heavy (non-hydrogen) atoms. The van der Waals surface area contributed by atoms with Gasteiger partial charge >= 0.3 is 0 Å². The Morgan fingerprint density at radius 3 is 2.60 bits per heavy atom. The average Bonchev–Trinajstić information content (AvgIpc) is 2.96. The minimum absolute atomic E-state index is 0.122. The zero-order chi connectivity index (χ0) is 28.2. The number of rotatable bonds is 9. The smallest absolute Gasteiger partial charge is 0.219 e. The number of thiol groups is 1. The van der Waals surface area contributed by atoms with Gasteiger partial charge in [0.05, 0.1) is 25.9 Å². The lowest BCUT2D eigenvalue weighted by Crippen LogP contribution is -2.37. The zero-order valence-corrected chi connectivity index (χ0v) is 22.4. The number of hydrogen-bond donors (Lipinski definition) is 3. The molecule has 0 saturated carbocycles. The van der Waals surface area contributed by atoms with Crippen LogP contribution in [0.25, 0.3) is 33.4 Å². The van der Waals surface area contributed by atoms with E-state index in [2.05, 4.69) is 19.6 Å². The number of aromatic nitrogens is 4. The molecule has 5 rings (SSSR count). The van der Waals surface area contributed by atoms with Gasteiger partial charge in [0.25, 0.3) is 0 Å². The van der Waals surface area contributed by atoms with E-state index in [1.807, 2.05) is 0 Å². The lowest BCUT2D eigenvalue weighted by atomic mass is 9.97. The number of fused-ring (bicyclic) bond motifs is 1. The van der Waals surface area contributed by atoms with E-state index < -0.39 is 22.9 Å². The van der Waals surface area contributed by atoms with Crippen molar-refractivity contribution in [2.45, 2.75) is 12.6 Å². The molecule has 0 amide bonds. The number of alkyl halides is 1. The van der Waals surface area contributed by atoms with Crippen molar-refractivity contribution in [3.8, 4) is 28.3 Å². The molecule has 0 radical (unpaired) electrons. The van der Waals surface area contributed by atoms with Crippen LogP contribution < -0.4 is 20.1 Å². The first-order chi connectivity index (χ1) is 19.4. The molecular weight excluding hydrogens is 544 g/mol. The number of anilines is 2. The molecule has 1 atom stereocenters. The minimum atomic E-state index is -2.86. The van der Waals surface area contributed by atoms with Gasteiger partial charge in [0.15, 0.2) is 5.82 Å². The number of nitrogens with zero attached hydrogens (tertiary/aromatic N) is 5. The molecule has 4 aromatic rings. The summed E-state index contributed by atoms with van der Waals surface area (Å²) >= 11 is 0. The number of ether oxygens (including phenoxy) is 2. The SMILES string of the molecule is COc1cc(-c2cccc(C(F)CCN[SH](=O)=O)c2F)cc2c(N3CCOCC3)nc(-c3cnc(N)nc3)nc12.